The fourth-order valence-electron chi connectivity index (χ4n) is 15.5. The van der Waals surface area contributed by atoms with Crippen LogP contribution in [0.5, 0.6) is 0 Å². The predicted molar refractivity (Wildman–Crippen MR) is 473 cm³/mol. The third-order valence-corrected chi connectivity index (χ3v) is 22.4. The monoisotopic (exact) mass is 1470 g/mol. The van der Waals surface area contributed by atoms with E-state index in [1.165, 1.54) is 195 Å². The fraction of sp³-hybridized carbons (Fsp3) is 0.206. The van der Waals surface area contributed by atoms with E-state index in [1.807, 2.05) is 0 Å². The second-order valence-electron chi connectivity index (χ2n) is 30.8. The Kier molecular flexibility index (Phi) is 26.5. The first-order valence-electron chi connectivity index (χ1n) is 39.4. The molecule has 112 heavy (non-hydrogen) atoms. The molecule has 10 aromatic carbocycles. The van der Waals surface area contributed by atoms with E-state index in [0.29, 0.717) is 5.92 Å². The molecule has 0 unspecified atom stereocenters. The molecule has 0 aliphatic rings. The van der Waals surface area contributed by atoms with Gasteiger partial charge in [-0.15, -0.1) is 0 Å². The first-order valence-corrected chi connectivity index (χ1v) is 39.4. The van der Waals surface area contributed by atoms with Gasteiger partial charge >= 0.3 is 0 Å². The lowest BCUT2D eigenvalue weighted by Gasteiger charge is -2.13. The van der Waals surface area contributed by atoms with Gasteiger partial charge in [-0.3, -0.25) is 0 Å². The third kappa shape index (κ3) is 18.5. The van der Waals surface area contributed by atoms with Crippen LogP contribution in [0.25, 0.3) is 112 Å². The number of hydrogen-bond acceptors (Lipinski definition) is 0. The molecular formula is C107H114N5+5. The van der Waals surface area contributed by atoms with Crippen molar-refractivity contribution < 1.29 is 22.8 Å². The Bertz CT molecular complexity index is 5800. The number of nitrogens with zero attached hydrogens (tertiary/aromatic N) is 5. The smallest absolute Gasteiger partial charge is 0.201 e. The summed E-state index contributed by atoms with van der Waals surface area (Å²) in [5.41, 5.74) is 45.8. The van der Waals surface area contributed by atoms with Crippen LogP contribution in [0.1, 0.15) is 103 Å². The van der Waals surface area contributed by atoms with Crippen molar-refractivity contribution in [1.29, 1.82) is 0 Å². The fourth-order valence-corrected chi connectivity index (χ4v) is 15.5. The highest BCUT2D eigenvalue weighted by Gasteiger charge is 2.23. The summed E-state index contributed by atoms with van der Waals surface area (Å²) in [6.45, 7) is 35.1. The second kappa shape index (κ2) is 36.6. The van der Waals surface area contributed by atoms with Crippen LogP contribution in [0, 0.1) is 96.9 Å². The van der Waals surface area contributed by atoms with Crippen molar-refractivity contribution in [3.05, 3.63) is 387 Å². The maximum Gasteiger partial charge on any atom is 0.212 e. The summed E-state index contributed by atoms with van der Waals surface area (Å²) in [6.07, 6.45) is 10.8. The molecule has 0 amide bonds. The lowest BCUT2D eigenvalue weighted by molar-refractivity contribution is -0.660. The van der Waals surface area contributed by atoms with Gasteiger partial charge in [0.05, 0.1) is 0 Å². The number of rotatable bonds is 11. The van der Waals surface area contributed by atoms with Gasteiger partial charge in [-0.05, 0) is 273 Å². The van der Waals surface area contributed by atoms with Crippen molar-refractivity contribution in [3.8, 4) is 112 Å². The van der Waals surface area contributed by atoms with Gasteiger partial charge < -0.3 is 0 Å². The molecule has 0 aliphatic heterocycles. The molecule has 5 heterocycles. The molecule has 0 saturated carbocycles. The SMILES string of the molecule is Cc1cc(-c2cccc(-c3ccccc3C)c2C)[n+](C)cc1C.Cc1cc[n+](C)c(-c2cccc(-c3ccccc3C)c2C)c1.Cc1ccc(-c2cccc(-c3ccccc3C)c2C)[n+](C)c1.Cc1ccccc1-c1cccc(-c2cc(C(C)C)cc[n+]2C)c1C.Cc1ccccc1-c1cccc(-c2cccc[n+]2C)c1C. The largest absolute Gasteiger partial charge is 0.212 e. The molecule has 0 bridgehead atoms. The Balaban J connectivity index is 0.000000139. The van der Waals surface area contributed by atoms with Crippen LogP contribution in [0.2, 0.25) is 0 Å². The summed E-state index contributed by atoms with van der Waals surface area (Å²) in [5.74, 6) is 0.532. The van der Waals surface area contributed by atoms with E-state index in [2.05, 4.69) is 473 Å². The van der Waals surface area contributed by atoms with Crippen LogP contribution in [0.3, 0.4) is 0 Å². The van der Waals surface area contributed by atoms with Crippen molar-refractivity contribution >= 4 is 0 Å². The van der Waals surface area contributed by atoms with Gasteiger partial charge in [0.2, 0.25) is 28.5 Å². The highest BCUT2D eigenvalue weighted by atomic mass is 14.9. The van der Waals surface area contributed by atoms with Crippen molar-refractivity contribution in [1.82, 2.24) is 0 Å². The number of hydrogen-bond donors (Lipinski definition) is 0. The number of aryl methyl sites for hydroxylation is 14. The van der Waals surface area contributed by atoms with E-state index in [9.17, 15) is 0 Å². The Morgan fingerprint density at radius 2 is 0.473 bits per heavy atom. The van der Waals surface area contributed by atoms with Gasteiger partial charge in [0.15, 0.2) is 31.0 Å². The molecule has 5 nitrogen and oxygen atoms in total. The highest BCUT2D eigenvalue weighted by Crippen LogP contribution is 2.38. The average molecular weight is 1470 g/mol. The lowest BCUT2D eigenvalue weighted by Crippen LogP contribution is -2.31. The third-order valence-electron chi connectivity index (χ3n) is 22.4. The van der Waals surface area contributed by atoms with E-state index in [4.69, 9.17) is 0 Å². The van der Waals surface area contributed by atoms with Crippen LogP contribution in [-0.4, -0.2) is 0 Å². The maximum absolute atomic E-state index is 2.33. The molecule has 562 valence electrons. The molecule has 0 aliphatic carbocycles. The minimum absolute atomic E-state index is 0.532. The van der Waals surface area contributed by atoms with E-state index >= 15 is 0 Å². The maximum atomic E-state index is 2.33. The number of benzene rings is 10. The summed E-state index contributed by atoms with van der Waals surface area (Å²) in [6, 6.07) is 97.9. The zero-order chi connectivity index (χ0) is 80.0. The zero-order valence-corrected chi connectivity index (χ0v) is 70.2. The first-order chi connectivity index (χ1) is 53.8. The summed E-state index contributed by atoms with van der Waals surface area (Å²) in [5, 5.41) is 0. The minimum atomic E-state index is 0.532. The van der Waals surface area contributed by atoms with Crippen LogP contribution < -0.4 is 22.8 Å². The molecule has 0 spiro atoms. The van der Waals surface area contributed by atoms with Gasteiger partial charge in [-0.25, -0.2) is 22.8 Å². The first kappa shape index (κ1) is 81.0. The van der Waals surface area contributed by atoms with Crippen molar-refractivity contribution in [3.63, 3.8) is 0 Å². The van der Waals surface area contributed by atoms with Crippen molar-refractivity contribution in [2.45, 2.75) is 117 Å². The van der Waals surface area contributed by atoms with Crippen LogP contribution in [0.15, 0.2) is 304 Å². The molecule has 5 aromatic heterocycles. The second-order valence-corrected chi connectivity index (χ2v) is 30.8. The standard InChI is InChI=1S/C23H26N.C22H24N.2C21H22N.C20H20N/c1-16(2)19-13-14-24(5)23(15-19)22-12-8-11-21(18(22)4)20-10-7-6-9-17(20)3;1-15-9-6-7-10-19(15)20-11-8-12-21(18(20)4)22-13-16(2)17(3)14-23(22)5;1-15-12-13-22(4)21(14-15)20-11-7-10-19(17(20)3)18-9-6-5-8-16(18)2;1-15-12-13-21(22(4)14-15)20-11-7-10-19(17(20)3)18-9-6-5-8-16(18)2;1-15-9-4-5-10-17(15)18-11-8-12-19(16(18)2)20-13-6-7-14-21(20)3/h6-16H,1-5H3;6-14H,1-5H3;2*5-14H,1-4H3;4-14H,1-3H3/q5*+1. The van der Waals surface area contributed by atoms with E-state index in [-0.39, 0.29) is 0 Å². The number of aromatic nitrogens is 5. The normalized spacial score (nSPS) is 10.8. The predicted octanol–water partition coefficient (Wildman–Crippen LogP) is 24.7. The van der Waals surface area contributed by atoms with E-state index < -0.39 is 0 Å². The summed E-state index contributed by atoms with van der Waals surface area (Å²) >= 11 is 0. The number of pyridine rings is 5. The van der Waals surface area contributed by atoms with Crippen molar-refractivity contribution in [2.24, 2.45) is 35.2 Å². The van der Waals surface area contributed by atoms with E-state index in [1.54, 1.807) is 0 Å². The Morgan fingerprint density at radius 1 is 0.188 bits per heavy atom. The molecule has 0 radical (unpaired) electrons. The molecule has 15 rings (SSSR count). The molecule has 0 saturated heterocycles. The van der Waals surface area contributed by atoms with Crippen LogP contribution in [0.4, 0.5) is 0 Å². The molecular weight excluding hydrogens is 1360 g/mol. The highest BCUT2D eigenvalue weighted by molar-refractivity contribution is 5.83. The summed E-state index contributed by atoms with van der Waals surface area (Å²) in [7, 11) is 10.6. The molecule has 5 heteroatoms. The van der Waals surface area contributed by atoms with Gasteiger partial charge in [0.25, 0.3) is 0 Å². The topological polar surface area (TPSA) is 19.4 Å². The zero-order valence-electron chi connectivity index (χ0n) is 70.2. The van der Waals surface area contributed by atoms with Crippen molar-refractivity contribution in [2.75, 3.05) is 0 Å². The summed E-state index contributed by atoms with van der Waals surface area (Å²) < 4.78 is 11.0. The molecule has 0 fully saturated rings. The molecule has 15 aromatic rings. The quantitative estimate of drug-likeness (QED) is 0.115. The average Bonchev–Trinajstić information content (AvgIpc) is 0.814. The van der Waals surface area contributed by atoms with Gasteiger partial charge in [0.1, 0.15) is 35.2 Å². The van der Waals surface area contributed by atoms with Crippen LogP contribution >= 0.6 is 0 Å². The lowest BCUT2D eigenvalue weighted by atomic mass is 9.91. The van der Waals surface area contributed by atoms with Crippen LogP contribution in [-0.2, 0) is 35.2 Å². The molecule has 0 atom stereocenters. The molecule has 0 N–H and O–H groups in total. The Hall–Kier alpha value is -12.1. The van der Waals surface area contributed by atoms with E-state index in [0.717, 1.165) is 0 Å². The van der Waals surface area contributed by atoms with Gasteiger partial charge in [-0.1, -0.05) is 196 Å². The Morgan fingerprint density at radius 3 is 0.821 bits per heavy atom. The van der Waals surface area contributed by atoms with Gasteiger partial charge in [-0.2, -0.15) is 0 Å². The minimum Gasteiger partial charge on any atom is -0.201 e. The van der Waals surface area contributed by atoms with Gasteiger partial charge in [0, 0.05) is 87.5 Å². The Labute approximate surface area is 669 Å². The summed E-state index contributed by atoms with van der Waals surface area (Å²) in [4.78, 5) is 0.